The zero-order chi connectivity index (χ0) is 19.6. The summed E-state index contributed by atoms with van der Waals surface area (Å²) in [6, 6.07) is 9.64. The second kappa shape index (κ2) is 7.29. The second-order valence-corrected chi connectivity index (χ2v) is 6.65. The van der Waals surface area contributed by atoms with Crippen molar-refractivity contribution >= 4 is 17.1 Å². The van der Waals surface area contributed by atoms with E-state index in [0.717, 1.165) is 12.1 Å². The lowest BCUT2D eigenvalue weighted by Crippen LogP contribution is -2.13. The lowest BCUT2D eigenvalue weighted by atomic mass is 9.99. The number of alkyl halides is 3. The number of pyridine rings is 1. The third-order valence-electron chi connectivity index (χ3n) is 3.81. The fourth-order valence-corrected chi connectivity index (χ4v) is 3.34. The van der Waals surface area contributed by atoms with Crippen molar-refractivity contribution in [3.05, 3.63) is 69.9 Å². The Kier molecular flexibility index (Phi) is 5.06. The zero-order valence-corrected chi connectivity index (χ0v) is 14.8. The lowest BCUT2D eigenvalue weighted by molar-refractivity contribution is -0.137. The first-order valence-corrected chi connectivity index (χ1v) is 8.67. The van der Waals surface area contributed by atoms with Gasteiger partial charge in [-0.15, -0.1) is 11.3 Å². The normalized spacial score (nSPS) is 12.4. The summed E-state index contributed by atoms with van der Waals surface area (Å²) in [5, 5.41) is 11.5. The molecule has 4 nitrogen and oxygen atoms in total. The molecule has 1 atom stereocenters. The number of rotatable bonds is 4. The smallest absolute Gasteiger partial charge is 0.290 e. The van der Waals surface area contributed by atoms with Gasteiger partial charge in [-0.05, 0) is 42.3 Å². The van der Waals surface area contributed by atoms with Crippen LogP contribution in [0, 0.1) is 18.3 Å². The van der Waals surface area contributed by atoms with E-state index in [2.05, 4.69) is 9.97 Å². The third-order valence-corrected chi connectivity index (χ3v) is 4.84. The Bertz CT molecular complexity index is 1040. The van der Waals surface area contributed by atoms with Gasteiger partial charge in [0.15, 0.2) is 5.92 Å². The molecule has 1 aromatic carbocycles. The molecule has 0 amide bonds. The number of hydrogen-bond acceptors (Lipinski definition) is 5. The summed E-state index contributed by atoms with van der Waals surface area (Å²) in [4.78, 5) is 20.9. The molecule has 0 aliphatic heterocycles. The first-order valence-electron chi connectivity index (χ1n) is 7.79. The Morgan fingerprint density at radius 3 is 2.59 bits per heavy atom. The molecule has 0 saturated heterocycles. The summed E-state index contributed by atoms with van der Waals surface area (Å²) in [7, 11) is 0. The number of aryl methyl sites for hydroxylation is 1. The standard InChI is InChI=1S/C19H12F3N3OS/c1-11-10-27-18(25-11)15(9-23)17(26)16-8-13(5-6-24-16)12-3-2-4-14(7-12)19(20,21)22/h2-8,10,15H,1H3. The first-order chi connectivity index (χ1) is 12.8. The number of aromatic nitrogens is 2. The summed E-state index contributed by atoms with van der Waals surface area (Å²) in [6.07, 6.45) is -3.12. The van der Waals surface area contributed by atoms with Gasteiger partial charge >= 0.3 is 6.18 Å². The number of benzene rings is 1. The predicted molar refractivity (Wildman–Crippen MR) is 94.2 cm³/mol. The van der Waals surface area contributed by atoms with Gasteiger partial charge in [0, 0.05) is 17.3 Å². The Labute approximate surface area is 157 Å². The van der Waals surface area contributed by atoms with E-state index in [0.29, 0.717) is 21.8 Å². The maximum absolute atomic E-state index is 12.9. The van der Waals surface area contributed by atoms with Crippen LogP contribution in [-0.2, 0) is 6.18 Å². The van der Waals surface area contributed by atoms with Crippen molar-refractivity contribution < 1.29 is 18.0 Å². The number of ketones is 1. The van der Waals surface area contributed by atoms with Crippen molar-refractivity contribution in [1.29, 1.82) is 5.26 Å². The van der Waals surface area contributed by atoms with Gasteiger partial charge < -0.3 is 0 Å². The van der Waals surface area contributed by atoms with Crippen molar-refractivity contribution in [3.63, 3.8) is 0 Å². The van der Waals surface area contributed by atoms with Crippen LogP contribution in [0.2, 0.25) is 0 Å². The summed E-state index contributed by atoms with van der Waals surface area (Å²) in [5.41, 5.74) is 0.641. The number of carbonyl (C=O) groups is 1. The topological polar surface area (TPSA) is 66.6 Å². The molecule has 0 aliphatic carbocycles. The van der Waals surface area contributed by atoms with Gasteiger partial charge in [-0.25, -0.2) is 4.98 Å². The minimum atomic E-state index is -4.46. The van der Waals surface area contributed by atoms with E-state index in [-0.39, 0.29) is 5.69 Å². The highest BCUT2D eigenvalue weighted by atomic mass is 32.1. The number of hydrogen-bond donors (Lipinski definition) is 0. The van der Waals surface area contributed by atoms with Crippen molar-refractivity contribution in [2.75, 3.05) is 0 Å². The maximum atomic E-state index is 12.9. The minimum Gasteiger partial charge on any atom is -0.290 e. The highest BCUT2D eigenvalue weighted by Gasteiger charge is 2.30. The van der Waals surface area contributed by atoms with E-state index in [4.69, 9.17) is 0 Å². The monoisotopic (exact) mass is 387 g/mol. The molecule has 0 fully saturated rings. The van der Waals surface area contributed by atoms with Gasteiger partial charge in [0.25, 0.3) is 0 Å². The molecule has 0 N–H and O–H groups in total. The van der Waals surface area contributed by atoms with Crippen molar-refractivity contribution in [2.24, 2.45) is 0 Å². The van der Waals surface area contributed by atoms with E-state index in [1.54, 1.807) is 12.3 Å². The van der Waals surface area contributed by atoms with E-state index >= 15 is 0 Å². The van der Waals surface area contributed by atoms with E-state index in [9.17, 15) is 23.2 Å². The molecule has 2 aromatic heterocycles. The Morgan fingerprint density at radius 2 is 1.96 bits per heavy atom. The van der Waals surface area contributed by atoms with Crippen LogP contribution >= 0.6 is 11.3 Å². The van der Waals surface area contributed by atoms with Crippen LogP contribution in [0.5, 0.6) is 0 Å². The van der Waals surface area contributed by atoms with Crippen molar-refractivity contribution in [3.8, 4) is 17.2 Å². The molecule has 0 bridgehead atoms. The molecule has 2 heterocycles. The third kappa shape index (κ3) is 4.04. The van der Waals surface area contributed by atoms with Crippen molar-refractivity contribution in [2.45, 2.75) is 19.0 Å². The quantitative estimate of drug-likeness (QED) is 0.590. The van der Waals surface area contributed by atoms with Crippen LogP contribution in [0.25, 0.3) is 11.1 Å². The van der Waals surface area contributed by atoms with E-state index in [1.165, 1.54) is 41.8 Å². The second-order valence-electron chi connectivity index (χ2n) is 5.76. The number of Topliss-reactive ketones (excluding diaryl/α,β-unsaturated/α-hetero) is 1. The molecule has 3 rings (SSSR count). The number of halogens is 3. The number of carbonyl (C=O) groups excluding carboxylic acids is 1. The predicted octanol–water partition coefficient (Wildman–Crippen LogP) is 5.02. The molecule has 3 aromatic rings. The minimum absolute atomic E-state index is 0.00400. The summed E-state index contributed by atoms with van der Waals surface area (Å²) in [6.45, 7) is 1.76. The number of thiazole rings is 1. The molecule has 136 valence electrons. The lowest BCUT2D eigenvalue weighted by Gasteiger charge is -2.10. The van der Waals surface area contributed by atoms with Crippen LogP contribution in [0.3, 0.4) is 0 Å². The summed E-state index contributed by atoms with van der Waals surface area (Å²) >= 11 is 1.20. The number of nitrogens with zero attached hydrogens (tertiary/aromatic N) is 3. The highest BCUT2D eigenvalue weighted by molar-refractivity contribution is 7.10. The summed E-state index contributed by atoms with van der Waals surface area (Å²) < 4.78 is 38.8. The van der Waals surface area contributed by atoms with Crippen LogP contribution in [0.4, 0.5) is 13.2 Å². The molecule has 8 heteroatoms. The maximum Gasteiger partial charge on any atom is 0.416 e. The van der Waals surface area contributed by atoms with E-state index in [1.807, 2.05) is 6.07 Å². The van der Waals surface area contributed by atoms with Gasteiger partial charge in [0.2, 0.25) is 5.78 Å². The van der Waals surface area contributed by atoms with Gasteiger partial charge in [-0.1, -0.05) is 12.1 Å². The molecule has 0 spiro atoms. The molecule has 0 saturated carbocycles. The van der Waals surface area contributed by atoms with Crippen LogP contribution < -0.4 is 0 Å². The first kappa shape index (κ1) is 18.7. The molecular weight excluding hydrogens is 375 g/mol. The summed E-state index contributed by atoms with van der Waals surface area (Å²) in [5.74, 6) is -1.64. The van der Waals surface area contributed by atoms with Crippen LogP contribution in [0.15, 0.2) is 48.0 Å². The van der Waals surface area contributed by atoms with Crippen molar-refractivity contribution in [1.82, 2.24) is 9.97 Å². The molecule has 1 unspecified atom stereocenters. The van der Waals surface area contributed by atoms with Gasteiger partial charge in [0.05, 0.1) is 11.6 Å². The SMILES string of the molecule is Cc1csc(C(C#N)C(=O)c2cc(-c3cccc(C(F)(F)F)c3)ccn2)n1. The Morgan fingerprint density at radius 1 is 1.22 bits per heavy atom. The molecule has 0 aliphatic rings. The fourth-order valence-electron chi connectivity index (χ4n) is 2.50. The van der Waals surface area contributed by atoms with Gasteiger partial charge in [-0.3, -0.25) is 9.78 Å². The number of nitriles is 1. The van der Waals surface area contributed by atoms with Crippen LogP contribution in [0.1, 0.15) is 32.7 Å². The Balaban J connectivity index is 1.96. The largest absolute Gasteiger partial charge is 0.416 e. The molecule has 0 radical (unpaired) electrons. The van der Waals surface area contributed by atoms with Crippen LogP contribution in [-0.4, -0.2) is 15.8 Å². The molecular formula is C19H12F3N3OS. The zero-order valence-electron chi connectivity index (χ0n) is 14.0. The molecule has 27 heavy (non-hydrogen) atoms. The van der Waals surface area contributed by atoms with E-state index < -0.39 is 23.4 Å². The highest BCUT2D eigenvalue weighted by Crippen LogP contribution is 2.32. The average Bonchev–Trinajstić information content (AvgIpc) is 3.08. The van der Waals surface area contributed by atoms with Gasteiger partial charge in [0.1, 0.15) is 10.7 Å². The average molecular weight is 387 g/mol. The van der Waals surface area contributed by atoms with Gasteiger partial charge in [-0.2, -0.15) is 18.4 Å². The fraction of sp³-hybridized carbons (Fsp3) is 0.158. The Hall–Kier alpha value is -3.05.